The Morgan fingerprint density at radius 3 is 2.59 bits per heavy atom. The van der Waals surface area contributed by atoms with Crippen molar-refractivity contribution in [1.29, 1.82) is 0 Å². The number of ether oxygens (including phenoxy) is 3. The van der Waals surface area contributed by atoms with Gasteiger partial charge in [0.25, 0.3) is 5.91 Å². The van der Waals surface area contributed by atoms with Crippen LogP contribution in [0.3, 0.4) is 0 Å². The van der Waals surface area contributed by atoms with Gasteiger partial charge in [0, 0.05) is 18.1 Å². The van der Waals surface area contributed by atoms with Gasteiger partial charge in [0.2, 0.25) is 0 Å². The molecule has 2 atom stereocenters. The van der Waals surface area contributed by atoms with Gasteiger partial charge in [0.05, 0.1) is 13.2 Å². The quantitative estimate of drug-likeness (QED) is 0.745. The highest BCUT2D eigenvalue weighted by Gasteiger charge is 2.35. The first-order chi connectivity index (χ1) is 13.7. The zero-order valence-corrected chi connectivity index (χ0v) is 18.1. The van der Waals surface area contributed by atoms with Crippen LogP contribution in [0.15, 0.2) is 42.5 Å². The molecule has 1 amide bonds. The molecule has 5 nitrogen and oxygen atoms in total. The summed E-state index contributed by atoms with van der Waals surface area (Å²) in [5.74, 6) is 2.40. The lowest BCUT2D eigenvalue weighted by molar-refractivity contribution is -0.128. The molecule has 0 saturated heterocycles. The third-order valence-electron chi connectivity index (χ3n) is 5.21. The molecule has 3 rings (SSSR count). The third kappa shape index (κ3) is 4.84. The Balaban J connectivity index is 1.77. The van der Waals surface area contributed by atoms with Crippen LogP contribution in [0.4, 0.5) is 0 Å². The smallest absolute Gasteiger partial charge is 0.261 e. The molecule has 1 heterocycles. The first-order valence-electron chi connectivity index (χ1n) is 10.1. The molecule has 2 aromatic rings. The Kier molecular flexibility index (Phi) is 6.06. The molecule has 0 fully saturated rings. The van der Waals surface area contributed by atoms with E-state index < -0.39 is 11.7 Å². The molecule has 29 heavy (non-hydrogen) atoms. The van der Waals surface area contributed by atoms with Gasteiger partial charge in [-0.1, -0.05) is 32.0 Å². The summed E-state index contributed by atoms with van der Waals surface area (Å²) in [4.78, 5) is 12.9. The number of benzene rings is 2. The third-order valence-corrected chi connectivity index (χ3v) is 5.21. The van der Waals surface area contributed by atoms with E-state index in [0.29, 0.717) is 12.3 Å². The topological polar surface area (TPSA) is 56.8 Å². The fraction of sp³-hybridized carbons (Fsp3) is 0.458. The van der Waals surface area contributed by atoms with Crippen molar-refractivity contribution in [2.24, 2.45) is 0 Å². The monoisotopic (exact) mass is 397 g/mol. The van der Waals surface area contributed by atoms with Crippen molar-refractivity contribution in [2.75, 3.05) is 7.11 Å². The minimum Gasteiger partial charge on any atom is -0.497 e. The number of hydrogen-bond donors (Lipinski definition) is 1. The van der Waals surface area contributed by atoms with Crippen molar-refractivity contribution in [1.82, 2.24) is 5.32 Å². The van der Waals surface area contributed by atoms with Crippen molar-refractivity contribution < 1.29 is 19.0 Å². The van der Waals surface area contributed by atoms with E-state index in [0.717, 1.165) is 28.4 Å². The lowest BCUT2D eigenvalue weighted by Crippen LogP contribution is -2.44. The van der Waals surface area contributed by atoms with E-state index in [9.17, 15) is 4.79 Å². The van der Waals surface area contributed by atoms with Crippen molar-refractivity contribution in [2.45, 2.75) is 64.7 Å². The first kappa shape index (κ1) is 21.0. The second-order valence-electron chi connectivity index (χ2n) is 8.48. The van der Waals surface area contributed by atoms with E-state index in [-0.39, 0.29) is 11.9 Å². The highest BCUT2D eigenvalue weighted by Crippen LogP contribution is 2.41. The minimum atomic E-state index is -0.609. The zero-order chi connectivity index (χ0) is 21.2. The Bertz CT molecular complexity index is 875. The van der Waals surface area contributed by atoms with Gasteiger partial charge in [0.15, 0.2) is 6.10 Å². The molecule has 156 valence electrons. The average molecular weight is 398 g/mol. The molecule has 0 bridgehead atoms. The number of rotatable bonds is 6. The molecule has 1 aliphatic heterocycles. The molecular formula is C24H31NO4. The maximum Gasteiger partial charge on any atom is 0.261 e. The van der Waals surface area contributed by atoms with Crippen molar-refractivity contribution >= 4 is 5.91 Å². The van der Waals surface area contributed by atoms with E-state index >= 15 is 0 Å². The van der Waals surface area contributed by atoms with Crippen molar-refractivity contribution in [3.8, 4) is 17.2 Å². The second-order valence-corrected chi connectivity index (χ2v) is 8.48. The lowest BCUT2D eigenvalue weighted by Gasteiger charge is -2.38. The van der Waals surface area contributed by atoms with Crippen molar-refractivity contribution in [3.63, 3.8) is 0 Å². The predicted molar refractivity (Wildman–Crippen MR) is 114 cm³/mol. The summed E-state index contributed by atoms with van der Waals surface area (Å²) < 4.78 is 17.4. The van der Waals surface area contributed by atoms with Crippen LogP contribution in [0, 0.1) is 0 Å². The number of hydrogen-bond acceptors (Lipinski definition) is 4. The van der Waals surface area contributed by atoms with Crippen LogP contribution in [0.1, 0.15) is 64.1 Å². The van der Waals surface area contributed by atoms with Gasteiger partial charge in [-0.3, -0.25) is 4.79 Å². The lowest BCUT2D eigenvalue weighted by atomic mass is 9.89. The molecule has 2 aromatic carbocycles. The maximum atomic E-state index is 12.9. The highest BCUT2D eigenvalue weighted by molar-refractivity contribution is 5.81. The Morgan fingerprint density at radius 2 is 1.90 bits per heavy atom. The molecule has 5 heteroatoms. The summed E-state index contributed by atoms with van der Waals surface area (Å²) in [5, 5.41) is 3.15. The van der Waals surface area contributed by atoms with E-state index in [1.165, 1.54) is 0 Å². The number of amides is 1. The summed E-state index contributed by atoms with van der Waals surface area (Å²) in [5.41, 5.74) is 1.65. The summed E-state index contributed by atoms with van der Waals surface area (Å²) in [6.45, 7) is 10.1. The van der Waals surface area contributed by atoms with E-state index in [1.807, 2.05) is 56.3 Å². The number of carbonyl (C=O) groups excluding carboxylic acids is 1. The second kappa shape index (κ2) is 8.36. The van der Waals surface area contributed by atoms with Gasteiger partial charge in [-0.2, -0.15) is 0 Å². The summed E-state index contributed by atoms with van der Waals surface area (Å²) in [7, 11) is 1.63. The fourth-order valence-electron chi connectivity index (χ4n) is 3.69. The van der Waals surface area contributed by atoms with E-state index in [2.05, 4.69) is 19.2 Å². The number of methoxy groups -OCH3 is 1. The largest absolute Gasteiger partial charge is 0.497 e. The maximum absolute atomic E-state index is 12.9. The molecule has 1 N–H and O–H groups in total. The van der Waals surface area contributed by atoms with Crippen molar-refractivity contribution in [3.05, 3.63) is 53.6 Å². The van der Waals surface area contributed by atoms with Crippen LogP contribution in [0.25, 0.3) is 0 Å². The van der Waals surface area contributed by atoms with Gasteiger partial charge in [-0.05, 0) is 50.5 Å². The summed E-state index contributed by atoms with van der Waals surface area (Å²) >= 11 is 0. The first-order valence-corrected chi connectivity index (χ1v) is 10.1. The molecule has 0 radical (unpaired) electrons. The van der Waals surface area contributed by atoms with Gasteiger partial charge in [0.1, 0.15) is 22.8 Å². The van der Waals surface area contributed by atoms with Crippen LogP contribution in [0.2, 0.25) is 0 Å². The van der Waals surface area contributed by atoms with Crippen LogP contribution in [-0.2, 0) is 4.79 Å². The summed E-state index contributed by atoms with van der Waals surface area (Å²) in [6.07, 6.45) is 0.0652. The van der Waals surface area contributed by atoms with Gasteiger partial charge < -0.3 is 19.5 Å². The number of para-hydroxylation sites is 1. The average Bonchev–Trinajstić information content (AvgIpc) is 2.66. The van der Waals surface area contributed by atoms with Gasteiger partial charge in [-0.25, -0.2) is 0 Å². The SMILES string of the molecule is COc1ccc2c(c1)OC(C)(C)C[C@@H]2NC(=O)[C@H](C)Oc1ccccc1C(C)C. The van der Waals surface area contributed by atoms with Gasteiger partial charge in [-0.15, -0.1) is 0 Å². The fourth-order valence-corrected chi connectivity index (χ4v) is 3.69. The number of carbonyl (C=O) groups is 1. The van der Waals surface area contributed by atoms with Crippen LogP contribution in [0.5, 0.6) is 17.2 Å². The molecule has 0 saturated carbocycles. The standard InChI is InChI=1S/C24H31NO4/c1-15(2)18-9-7-8-10-21(18)28-16(3)23(26)25-20-14-24(4,5)29-22-13-17(27-6)11-12-19(20)22/h7-13,15-16,20H,14H2,1-6H3,(H,25,26)/t16-,20-/m0/s1. The number of nitrogens with one attached hydrogen (secondary N) is 1. The zero-order valence-electron chi connectivity index (χ0n) is 18.1. The Morgan fingerprint density at radius 1 is 1.17 bits per heavy atom. The summed E-state index contributed by atoms with van der Waals surface area (Å²) in [6, 6.07) is 13.4. The molecular weight excluding hydrogens is 366 g/mol. The van der Waals surface area contributed by atoms with E-state index in [4.69, 9.17) is 14.2 Å². The van der Waals surface area contributed by atoms with Crippen LogP contribution >= 0.6 is 0 Å². The normalized spacial score (nSPS) is 18.4. The molecule has 0 unspecified atom stereocenters. The molecule has 1 aliphatic rings. The van der Waals surface area contributed by atoms with Gasteiger partial charge >= 0.3 is 0 Å². The molecule has 0 aromatic heterocycles. The van der Waals surface area contributed by atoms with Crippen LogP contribution in [-0.4, -0.2) is 24.7 Å². The minimum absolute atomic E-state index is 0.145. The van der Waals surface area contributed by atoms with E-state index in [1.54, 1.807) is 14.0 Å². The molecule has 0 aliphatic carbocycles. The highest BCUT2D eigenvalue weighted by atomic mass is 16.5. The molecule has 0 spiro atoms. The predicted octanol–water partition coefficient (Wildman–Crippen LogP) is 5.00. The number of fused-ring (bicyclic) bond motifs is 1. The van der Waals surface area contributed by atoms with Crippen LogP contribution < -0.4 is 19.5 Å². The Hall–Kier alpha value is -2.69. The Labute approximate surface area is 173 Å².